The molecule has 0 atom stereocenters. The summed E-state index contributed by atoms with van der Waals surface area (Å²) >= 11 is 0. The maximum atomic E-state index is 11.9. The van der Waals surface area contributed by atoms with Gasteiger partial charge >= 0.3 is 0 Å². The second kappa shape index (κ2) is 13.4. The zero-order valence-electron chi connectivity index (χ0n) is 14.9. The lowest BCUT2D eigenvalue weighted by Gasteiger charge is -2.19. The van der Waals surface area contributed by atoms with E-state index in [9.17, 15) is 4.79 Å². The zero-order valence-corrected chi connectivity index (χ0v) is 14.9. The lowest BCUT2D eigenvalue weighted by Crippen LogP contribution is -2.40. The largest absolute Gasteiger partial charge is 0.379 e. The molecule has 0 aliphatic heterocycles. The molecule has 0 rings (SSSR count). The molecule has 6 heteroatoms. The van der Waals surface area contributed by atoms with Crippen molar-refractivity contribution in [2.24, 2.45) is 10.9 Å². The molecule has 1 amide bonds. The van der Waals surface area contributed by atoms with E-state index < -0.39 is 0 Å². The monoisotopic (exact) mass is 314 g/mol. The van der Waals surface area contributed by atoms with Gasteiger partial charge in [-0.3, -0.25) is 9.79 Å². The first-order valence-electron chi connectivity index (χ1n) is 8.42. The summed E-state index contributed by atoms with van der Waals surface area (Å²) in [5, 5.41) is 6.36. The second-order valence-electron chi connectivity index (χ2n) is 5.47. The quantitative estimate of drug-likeness (QED) is 0.344. The van der Waals surface area contributed by atoms with Crippen molar-refractivity contribution in [2.45, 2.75) is 41.0 Å². The fourth-order valence-corrected chi connectivity index (χ4v) is 1.91. The van der Waals surface area contributed by atoms with Crippen molar-refractivity contribution in [1.29, 1.82) is 0 Å². The van der Waals surface area contributed by atoms with Gasteiger partial charge in [0.15, 0.2) is 5.96 Å². The van der Waals surface area contributed by atoms with Crippen LogP contribution in [-0.4, -0.2) is 62.7 Å². The summed E-state index contributed by atoms with van der Waals surface area (Å²) in [7, 11) is 0. The van der Waals surface area contributed by atoms with Crippen LogP contribution in [0.4, 0.5) is 0 Å². The summed E-state index contributed by atoms with van der Waals surface area (Å²) in [6, 6.07) is 0. The summed E-state index contributed by atoms with van der Waals surface area (Å²) < 4.78 is 5.50. The fraction of sp³-hybridized carbons (Fsp3) is 0.875. The summed E-state index contributed by atoms with van der Waals surface area (Å²) in [5.41, 5.74) is 0. The highest BCUT2D eigenvalue weighted by Gasteiger charge is 2.08. The van der Waals surface area contributed by atoms with Crippen LogP contribution in [0.25, 0.3) is 0 Å². The summed E-state index contributed by atoms with van der Waals surface area (Å²) in [4.78, 5) is 18.2. The van der Waals surface area contributed by atoms with Gasteiger partial charge in [-0.25, -0.2) is 0 Å². The lowest BCUT2D eigenvalue weighted by atomic mass is 10.2. The van der Waals surface area contributed by atoms with Crippen LogP contribution in [0.3, 0.4) is 0 Å². The van der Waals surface area contributed by atoms with Gasteiger partial charge in [-0.15, -0.1) is 0 Å². The standard InChI is InChI=1S/C16H34N4O2/c1-6-17-16(19-11-12-22-13-14(4)5)18-10-9-15(21)20(7-2)8-3/h14H,6-13H2,1-5H3,(H2,17,18,19). The first kappa shape index (κ1) is 20.7. The minimum atomic E-state index is 0.175. The van der Waals surface area contributed by atoms with Gasteiger partial charge in [0.25, 0.3) is 0 Å². The molecule has 0 spiro atoms. The van der Waals surface area contributed by atoms with E-state index in [-0.39, 0.29) is 5.91 Å². The molecule has 2 N–H and O–H groups in total. The number of nitrogens with zero attached hydrogens (tertiary/aromatic N) is 2. The molecule has 6 nitrogen and oxygen atoms in total. The highest BCUT2D eigenvalue weighted by Crippen LogP contribution is 1.93. The van der Waals surface area contributed by atoms with Crippen molar-refractivity contribution in [3.63, 3.8) is 0 Å². The zero-order chi connectivity index (χ0) is 16.8. The molecule has 0 aliphatic carbocycles. The van der Waals surface area contributed by atoms with Crippen LogP contribution in [0.5, 0.6) is 0 Å². The number of ether oxygens (including phenoxy) is 1. The third-order valence-electron chi connectivity index (χ3n) is 3.05. The molecule has 130 valence electrons. The van der Waals surface area contributed by atoms with Crippen molar-refractivity contribution < 1.29 is 9.53 Å². The molecule has 0 heterocycles. The van der Waals surface area contributed by atoms with E-state index in [1.807, 2.05) is 25.7 Å². The molecule has 0 unspecified atom stereocenters. The predicted octanol–water partition coefficient (Wildman–Crippen LogP) is 1.47. The van der Waals surface area contributed by atoms with Gasteiger partial charge in [-0.1, -0.05) is 13.8 Å². The first-order valence-corrected chi connectivity index (χ1v) is 8.42. The summed E-state index contributed by atoms with van der Waals surface area (Å²) in [5.74, 6) is 1.46. The van der Waals surface area contributed by atoms with Crippen LogP contribution in [-0.2, 0) is 9.53 Å². The van der Waals surface area contributed by atoms with Gasteiger partial charge in [-0.2, -0.15) is 0 Å². The Morgan fingerprint density at radius 3 is 2.41 bits per heavy atom. The lowest BCUT2D eigenvalue weighted by molar-refractivity contribution is -0.130. The van der Waals surface area contributed by atoms with Crippen molar-refractivity contribution in [2.75, 3.05) is 45.9 Å². The molecule has 0 fully saturated rings. The first-order chi connectivity index (χ1) is 10.5. The molecule has 0 radical (unpaired) electrons. The SMILES string of the molecule is CCNC(=NCCOCC(C)C)NCCC(=O)N(CC)CC. The molecule has 0 aromatic carbocycles. The van der Waals surface area contributed by atoms with Crippen molar-refractivity contribution >= 4 is 11.9 Å². The second-order valence-corrected chi connectivity index (χ2v) is 5.47. The molecule has 0 aliphatic rings. The van der Waals surface area contributed by atoms with E-state index in [4.69, 9.17) is 4.74 Å². The number of aliphatic imine (C=N–C) groups is 1. The van der Waals surface area contributed by atoms with Gasteiger partial charge in [-0.05, 0) is 26.7 Å². The van der Waals surface area contributed by atoms with Crippen LogP contribution in [0.15, 0.2) is 4.99 Å². The predicted molar refractivity (Wildman–Crippen MR) is 92.2 cm³/mol. The maximum Gasteiger partial charge on any atom is 0.224 e. The van der Waals surface area contributed by atoms with Gasteiger partial charge in [0.05, 0.1) is 13.2 Å². The minimum absolute atomic E-state index is 0.175. The van der Waals surface area contributed by atoms with Gasteiger partial charge in [0, 0.05) is 39.2 Å². The van der Waals surface area contributed by atoms with Gasteiger partial charge in [0.2, 0.25) is 5.91 Å². The van der Waals surface area contributed by atoms with Crippen LogP contribution in [0.1, 0.15) is 41.0 Å². The molecular weight excluding hydrogens is 280 g/mol. The van der Waals surface area contributed by atoms with Gasteiger partial charge in [0.1, 0.15) is 0 Å². The van der Waals surface area contributed by atoms with Crippen molar-refractivity contribution in [1.82, 2.24) is 15.5 Å². The Balaban J connectivity index is 4.04. The minimum Gasteiger partial charge on any atom is -0.379 e. The van der Waals surface area contributed by atoms with E-state index >= 15 is 0 Å². The smallest absolute Gasteiger partial charge is 0.224 e. The van der Waals surface area contributed by atoms with E-state index in [1.165, 1.54) is 0 Å². The Hall–Kier alpha value is -1.30. The number of amides is 1. The average molecular weight is 314 g/mol. The fourth-order valence-electron chi connectivity index (χ4n) is 1.91. The van der Waals surface area contributed by atoms with Crippen LogP contribution in [0, 0.1) is 5.92 Å². The number of hydrogen-bond donors (Lipinski definition) is 2. The van der Waals surface area contributed by atoms with Crippen LogP contribution < -0.4 is 10.6 Å². The average Bonchev–Trinajstić information content (AvgIpc) is 2.47. The molecular formula is C16H34N4O2. The highest BCUT2D eigenvalue weighted by molar-refractivity contribution is 5.81. The van der Waals surface area contributed by atoms with Crippen molar-refractivity contribution in [3.05, 3.63) is 0 Å². The number of nitrogens with one attached hydrogen (secondary N) is 2. The van der Waals surface area contributed by atoms with E-state index in [1.54, 1.807) is 0 Å². The summed E-state index contributed by atoms with van der Waals surface area (Å²) in [6.07, 6.45) is 0.482. The Kier molecular flexibility index (Phi) is 12.6. The Morgan fingerprint density at radius 1 is 1.18 bits per heavy atom. The van der Waals surface area contributed by atoms with E-state index in [2.05, 4.69) is 29.5 Å². The third kappa shape index (κ3) is 10.4. The molecule has 0 saturated carbocycles. The number of guanidine groups is 1. The number of carbonyl (C=O) groups excluding carboxylic acids is 1. The van der Waals surface area contributed by atoms with E-state index in [0.29, 0.717) is 32.0 Å². The Morgan fingerprint density at radius 2 is 1.86 bits per heavy atom. The highest BCUT2D eigenvalue weighted by atomic mass is 16.5. The topological polar surface area (TPSA) is 66.0 Å². The van der Waals surface area contributed by atoms with Gasteiger partial charge < -0.3 is 20.3 Å². The normalized spacial score (nSPS) is 11.6. The van der Waals surface area contributed by atoms with Crippen LogP contribution >= 0.6 is 0 Å². The molecule has 0 aromatic rings. The third-order valence-corrected chi connectivity index (χ3v) is 3.05. The Bertz CT molecular complexity index is 315. The van der Waals surface area contributed by atoms with Crippen LogP contribution in [0.2, 0.25) is 0 Å². The molecule has 0 aromatic heterocycles. The van der Waals surface area contributed by atoms with Crippen molar-refractivity contribution in [3.8, 4) is 0 Å². The molecule has 0 saturated heterocycles. The number of rotatable bonds is 11. The summed E-state index contributed by atoms with van der Waals surface area (Å²) in [6.45, 7) is 15.2. The maximum absolute atomic E-state index is 11.9. The Labute approximate surface area is 135 Å². The molecule has 22 heavy (non-hydrogen) atoms. The van der Waals surface area contributed by atoms with E-state index in [0.717, 1.165) is 32.2 Å². The molecule has 0 bridgehead atoms. The number of hydrogen-bond acceptors (Lipinski definition) is 3. The number of carbonyl (C=O) groups is 1.